The van der Waals surface area contributed by atoms with E-state index in [1.54, 1.807) is 31.0 Å². The third-order valence-electron chi connectivity index (χ3n) is 1.79. The zero-order valence-electron chi connectivity index (χ0n) is 7.54. The van der Waals surface area contributed by atoms with Crippen LogP contribution in [-0.4, -0.2) is 24.6 Å². The Morgan fingerprint density at radius 2 is 2.00 bits per heavy atom. The summed E-state index contributed by atoms with van der Waals surface area (Å²) in [6, 6.07) is 1.77. The first kappa shape index (κ1) is 8.83. The van der Waals surface area contributed by atoms with Gasteiger partial charge in [0.25, 0.3) is 0 Å². The molecule has 0 saturated heterocycles. The van der Waals surface area contributed by atoms with Gasteiger partial charge in [-0.1, -0.05) is 0 Å². The molecule has 5 heteroatoms. The maximum absolute atomic E-state index is 8.81. The minimum atomic E-state index is -0.0390. The van der Waals surface area contributed by atoms with Gasteiger partial charge in [-0.05, 0) is 6.07 Å². The van der Waals surface area contributed by atoms with Crippen LogP contribution in [0.4, 0.5) is 0 Å². The van der Waals surface area contributed by atoms with Crippen LogP contribution in [0.25, 0.3) is 0 Å². The van der Waals surface area contributed by atoms with E-state index >= 15 is 0 Å². The summed E-state index contributed by atoms with van der Waals surface area (Å²) >= 11 is 0. The maximum atomic E-state index is 8.81. The van der Waals surface area contributed by atoms with Crippen LogP contribution in [0.1, 0.15) is 11.5 Å². The summed E-state index contributed by atoms with van der Waals surface area (Å²) in [6.07, 6.45) is 6.83. The highest BCUT2D eigenvalue weighted by atomic mass is 16.3. The third-order valence-corrected chi connectivity index (χ3v) is 1.79. The second kappa shape index (κ2) is 3.97. The van der Waals surface area contributed by atoms with E-state index < -0.39 is 0 Å². The van der Waals surface area contributed by atoms with Crippen LogP contribution < -0.4 is 0 Å². The van der Waals surface area contributed by atoms with Crippen LogP contribution in [0.2, 0.25) is 0 Å². The van der Waals surface area contributed by atoms with E-state index in [0.717, 1.165) is 5.82 Å². The topological polar surface area (TPSA) is 63.8 Å². The molecule has 0 amide bonds. The quantitative estimate of drug-likeness (QED) is 0.751. The van der Waals surface area contributed by atoms with Crippen molar-refractivity contribution < 1.29 is 5.11 Å². The van der Waals surface area contributed by atoms with Crippen molar-refractivity contribution in [3.8, 4) is 0 Å². The summed E-state index contributed by atoms with van der Waals surface area (Å²) in [6.45, 7) is 0.538. The summed E-state index contributed by atoms with van der Waals surface area (Å²) in [5.41, 5.74) is 0.654. The molecule has 0 aliphatic carbocycles. The number of hydrogen-bond acceptors (Lipinski definition) is 4. The van der Waals surface area contributed by atoms with Gasteiger partial charge in [-0.2, -0.15) is 0 Å². The highest BCUT2D eigenvalue weighted by molar-refractivity contribution is 4.97. The molecule has 0 spiro atoms. The van der Waals surface area contributed by atoms with Crippen LogP contribution in [0.5, 0.6) is 0 Å². The summed E-state index contributed by atoms with van der Waals surface area (Å²) in [5.74, 6) is 0.731. The molecule has 2 aromatic heterocycles. The molecule has 0 radical (unpaired) electrons. The fourth-order valence-electron chi connectivity index (χ4n) is 1.15. The molecule has 1 N–H and O–H groups in total. The van der Waals surface area contributed by atoms with Crippen molar-refractivity contribution in [3.05, 3.63) is 42.5 Å². The van der Waals surface area contributed by atoms with Crippen LogP contribution in [0.3, 0.4) is 0 Å². The van der Waals surface area contributed by atoms with Crippen molar-refractivity contribution in [3.63, 3.8) is 0 Å². The van der Waals surface area contributed by atoms with Crippen LogP contribution in [0.15, 0.2) is 31.0 Å². The number of aliphatic hydroxyl groups is 1. The first-order valence-electron chi connectivity index (χ1n) is 4.26. The summed E-state index contributed by atoms with van der Waals surface area (Å²) < 4.78 is 1.83. The van der Waals surface area contributed by atoms with Gasteiger partial charge in [-0.3, -0.25) is 0 Å². The molecule has 0 atom stereocenters. The largest absolute Gasteiger partial charge is 0.390 e. The lowest BCUT2D eigenvalue weighted by atomic mass is 10.5. The molecule has 2 aromatic rings. The maximum Gasteiger partial charge on any atom is 0.147 e. The Balaban J connectivity index is 2.11. The van der Waals surface area contributed by atoms with Crippen molar-refractivity contribution in [2.75, 3.05) is 0 Å². The monoisotopic (exact) mass is 190 g/mol. The Kier molecular flexibility index (Phi) is 2.51. The number of rotatable bonds is 3. The van der Waals surface area contributed by atoms with Gasteiger partial charge in [-0.25, -0.2) is 15.0 Å². The van der Waals surface area contributed by atoms with Gasteiger partial charge in [0, 0.05) is 18.6 Å². The third kappa shape index (κ3) is 1.94. The van der Waals surface area contributed by atoms with Crippen LogP contribution in [-0.2, 0) is 13.2 Å². The average molecular weight is 190 g/mol. The minimum absolute atomic E-state index is 0.0390. The molecule has 5 nitrogen and oxygen atoms in total. The van der Waals surface area contributed by atoms with E-state index in [0.29, 0.717) is 12.2 Å². The fraction of sp³-hybridized carbons (Fsp3) is 0.222. The highest BCUT2D eigenvalue weighted by Gasteiger charge is 1.99. The molecule has 0 unspecified atom stereocenters. The number of aromatic nitrogens is 4. The Bertz CT molecular complexity index is 398. The summed E-state index contributed by atoms with van der Waals surface area (Å²) in [5, 5.41) is 8.81. The predicted octanol–water partition coefficient (Wildman–Crippen LogP) is 0.214. The van der Waals surface area contributed by atoms with Gasteiger partial charge in [-0.15, -0.1) is 0 Å². The molecule has 0 fully saturated rings. The molecule has 72 valence electrons. The number of nitrogens with zero attached hydrogens (tertiary/aromatic N) is 4. The van der Waals surface area contributed by atoms with Crippen molar-refractivity contribution in [2.45, 2.75) is 13.2 Å². The predicted molar refractivity (Wildman–Crippen MR) is 49.3 cm³/mol. The van der Waals surface area contributed by atoms with Gasteiger partial charge < -0.3 is 9.67 Å². The van der Waals surface area contributed by atoms with Crippen molar-refractivity contribution in [1.82, 2.24) is 19.5 Å². The number of hydrogen-bond donors (Lipinski definition) is 1. The lowest BCUT2D eigenvalue weighted by Gasteiger charge is -1.98. The SMILES string of the molecule is OCc1cn(Cc2ncccn2)cn1. The smallest absolute Gasteiger partial charge is 0.147 e. The lowest BCUT2D eigenvalue weighted by molar-refractivity contribution is 0.277. The molecule has 2 heterocycles. The van der Waals surface area contributed by atoms with Gasteiger partial charge in [0.05, 0.1) is 25.2 Å². The van der Waals surface area contributed by atoms with E-state index in [1.165, 1.54) is 0 Å². The fourth-order valence-corrected chi connectivity index (χ4v) is 1.15. The normalized spacial score (nSPS) is 10.4. The summed E-state index contributed by atoms with van der Waals surface area (Å²) in [4.78, 5) is 12.2. The standard InChI is InChI=1S/C9H10N4O/c14-6-8-4-13(7-12-8)5-9-10-2-1-3-11-9/h1-4,7,14H,5-6H2. The van der Waals surface area contributed by atoms with Crippen molar-refractivity contribution in [2.24, 2.45) is 0 Å². The van der Waals surface area contributed by atoms with Gasteiger partial charge in [0.1, 0.15) is 5.82 Å². The van der Waals surface area contributed by atoms with Crippen molar-refractivity contribution in [1.29, 1.82) is 0 Å². The van der Waals surface area contributed by atoms with E-state index in [-0.39, 0.29) is 6.61 Å². The molecular weight excluding hydrogens is 180 g/mol. The molecule has 0 aromatic carbocycles. The lowest BCUT2D eigenvalue weighted by Crippen LogP contribution is -2.01. The second-order valence-corrected chi connectivity index (χ2v) is 2.86. The van der Waals surface area contributed by atoms with Crippen molar-refractivity contribution >= 4 is 0 Å². The zero-order valence-corrected chi connectivity index (χ0v) is 7.54. The van der Waals surface area contributed by atoms with E-state index in [4.69, 9.17) is 5.11 Å². The molecule has 0 aliphatic rings. The van der Waals surface area contributed by atoms with Gasteiger partial charge in [0.15, 0.2) is 0 Å². The average Bonchev–Trinajstić information content (AvgIpc) is 2.67. The molecule has 0 aliphatic heterocycles. The Morgan fingerprint density at radius 3 is 2.64 bits per heavy atom. The molecule has 0 bridgehead atoms. The second-order valence-electron chi connectivity index (χ2n) is 2.86. The Labute approximate surface area is 81.1 Å². The minimum Gasteiger partial charge on any atom is -0.390 e. The zero-order chi connectivity index (χ0) is 9.80. The molecule has 2 rings (SSSR count). The van der Waals surface area contributed by atoms with Gasteiger partial charge >= 0.3 is 0 Å². The van der Waals surface area contributed by atoms with Gasteiger partial charge in [0.2, 0.25) is 0 Å². The number of imidazole rings is 1. The Hall–Kier alpha value is -1.75. The van der Waals surface area contributed by atoms with E-state index in [2.05, 4.69) is 15.0 Å². The molecule has 0 saturated carbocycles. The molecular formula is C9H10N4O. The van der Waals surface area contributed by atoms with Crippen LogP contribution in [0, 0.1) is 0 Å². The Morgan fingerprint density at radius 1 is 1.21 bits per heavy atom. The first-order valence-corrected chi connectivity index (χ1v) is 4.26. The highest BCUT2D eigenvalue weighted by Crippen LogP contribution is 1.98. The molecule has 14 heavy (non-hydrogen) atoms. The van der Waals surface area contributed by atoms with E-state index in [1.807, 2.05) is 4.57 Å². The summed E-state index contributed by atoms with van der Waals surface area (Å²) in [7, 11) is 0. The number of aliphatic hydroxyl groups excluding tert-OH is 1. The first-order chi connectivity index (χ1) is 6.88. The van der Waals surface area contributed by atoms with Crippen LogP contribution >= 0.6 is 0 Å². The van der Waals surface area contributed by atoms with E-state index in [9.17, 15) is 0 Å².